The van der Waals surface area contributed by atoms with E-state index in [-0.39, 0.29) is 22.1 Å². The summed E-state index contributed by atoms with van der Waals surface area (Å²) in [6, 6.07) is 14.5. The third kappa shape index (κ3) is 4.50. The lowest BCUT2D eigenvalue weighted by molar-refractivity contribution is -0.113. The average Bonchev–Trinajstić information content (AvgIpc) is 3.22. The number of nitrogens with two attached hydrogens (primary N) is 1. The number of nitrogens with one attached hydrogen (secondary N) is 2. The van der Waals surface area contributed by atoms with Gasteiger partial charge in [0.25, 0.3) is 5.56 Å². The molecule has 0 bridgehead atoms. The Balaban J connectivity index is 1.56. The molecule has 2 aromatic carbocycles. The van der Waals surface area contributed by atoms with Gasteiger partial charge >= 0.3 is 0 Å². The van der Waals surface area contributed by atoms with Gasteiger partial charge in [-0.3, -0.25) is 19.3 Å². The summed E-state index contributed by atoms with van der Waals surface area (Å²) in [5, 5.41) is 14.9. The first-order valence-corrected chi connectivity index (χ1v) is 11.4. The summed E-state index contributed by atoms with van der Waals surface area (Å²) >= 11 is 1.09. The van der Waals surface area contributed by atoms with E-state index in [0.717, 1.165) is 11.8 Å². The largest absolute Gasteiger partial charge is 0.325 e. The Morgan fingerprint density at radius 3 is 2.52 bits per heavy atom. The highest BCUT2D eigenvalue weighted by molar-refractivity contribution is 7.99. The zero-order valence-electron chi connectivity index (χ0n) is 15.8. The van der Waals surface area contributed by atoms with E-state index in [4.69, 9.17) is 5.14 Å². The first kappa shape index (κ1) is 20.8. The van der Waals surface area contributed by atoms with Crippen molar-refractivity contribution >= 4 is 44.4 Å². The number of hydrogen-bond acceptors (Lipinski definition) is 7. The smallest absolute Gasteiger partial charge is 0.269 e. The molecular formula is C19H16N6O4S2. The SMILES string of the molecule is NS(=O)(=O)c1ccc(NC(=O)CSc2nc3[nH]ncc3c(=O)n2-c2ccccc2)cc1. The molecule has 4 aromatic rings. The summed E-state index contributed by atoms with van der Waals surface area (Å²) in [7, 11) is -3.81. The number of amides is 1. The molecule has 0 radical (unpaired) electrons. The van der Waals surface area contributed by atoms with Crippen LogP contribution in [0.25, 0.3) is 16.7 Å². The number of carbonyl (C=O) groups excluding carboxylic acids is 1. The van der Waals surface area contributed by atoms with E-state index in [2.05, 4.69) is 20.5 Å². The molecule has 1 amide bonds. The Labute approximate surface area is 180 Å². The Morgan fingerprint density at radius 2 is 1.84 bits per heavy atom. The third-order valence-corrected chi connectivity index (χ3v) is 6.13. The van der Waals surface area contributed by atoms with Crippen molar-refractivity contribution in [1.29, 1.82) is 0 Å². The van der Waals surface area contributed by atoms with Crippen LogP contribution in [0.15, 0.2) is 75.6 Å². The van der Waals surface area contributed by atoms with Crippen molar-refractivity contribution < 1.29 is 13.2 Å². The standard InChI is InChI=1S/C19H16N6O4S2/c20-31(28,29)14-8-6-12(7-9-14)22-16(26)11-30-19-23-17-15(10-21-24-17)18(27)25(19)13-4-2-1-3-5-13/h1-10H,11H2,(H,21,24)(H,22,26)(H2,20,28,29). The summed E-state index contributed by atoms with van der Waals surface area (Å²) in [5.41, 5.74) is 1.06. The van der Waals surface area contributed by atoms with E-state index in [9.17, 15) is 18.0 Å². The normalized spacial score (nSPS) is 11.5. The Hall–Kier alpha value is -3.48. The molecule has 4 N–H and O–H groups in total. The predicted octanol–water partition coefficient (Wildman–Crippen LogP) is 1.49. The van der Waals surface area contributed by atoms with Gasteiger partial charge in [0.15, 0.2) is 10.8 Å². The van der Waals surface area contributed by atoms with E-state index >= 15 is 0 Å². The highest BCUT2D eigenvalue weighted by Gasteiger charge is 2.16. The van der Waals surface area contributed by atoms with Gasteiger partial charge in [0.2, 0.25) is 15.9 Å². The molecule has 0 atom stereocenters. The number of hydrogen-bond donors (Lipinski definition) is 3. The minimum absolute atomic E-state index is 0.0319. The number of thioether (sulfide) groups is 1. The topological polar surface area (TPSA) is 153 Å². The molecule has 31 heavy (non-hydrogen) atoms. The van der Waals surface area contributed by atoms with E-state index in [1.807, 2.05) is 6.07 Å². The maximum atomic E-state index is 12.9. The molecule has 0 aliphatic heterocycles. The molecule has 0 saturated carbocycles. The summed E-state index contributed by atoms with van der Waals surface area (Å²) < 4.78 is 24.1. The lowest BCUT2D eigenvalue weighted by Crippen LogP contribution is -2.22. The van der Waals surface area contributed by atoms with Crippen LogP contribution in [0.1, 0.15) is 0 Å². The van der Waals surface area contributed by atoms with Crippen molar-refractivity contribution in [2.45, 2.75) is 10.1 Å². The minimum Gasteiger partial charge on any atom is -0.325 e. The summed E-state index contributed by atoms with van der Waals surface area (Å²) in [4.78, 5) is 29.7. The Morgan fingerprint density at radius 1 is 1.13 bits per heavy atom. The van der Waals surface area contributed by atoms with Gasteiger partial charge in [0.1, 0.15) is 5.39 Å². The number of aromatic amines is 1. The molecule has 0 fully saturated rings. The molecule has 0 spiro atoms. The van der Waals surface area contributed by atoms with Gasteiger partial charge in [-0.2, -0.15) is 5.10 Å². The number of anilines is 1. The maximum absolute atomic E-state index is 12.9. The maximum Gasteiger partial charge on any atom is 0.269 e. The van der Waals surface area contributed by atoms with Crippen LogP contribution in [0.4, 0.5) is 5.69 Å². The summed E-state index contributed by atoms with van der Waals surface area (Å²) in [5.74, 6) is -0.387. The summed E-state index contributed by atoms with van der Waals surface area (Å²) in [6.07, 6.45) is 1.41. The monoisotopic (exact) mass is 456 g/mol. The van der Waals surface area contributed by atoms with E-state index < -0.39 is 10.0 Å². The van der Waals surface area contributed by atoms with Gasteiger partial charge in [-0.05, 0) is 36.4 Å². The molecule has 0 unspecified atom stereocenters. The lowest BCUT2D eigenvalue weighted by Gasteiger charge is -2.12. The number of primary sulfonamides is 1. The second-order valence-electron chi connectivity index (χ2n) is 6.41. The van der Waals surface area contributed by atoms with Gasteiger partial charge in [-0.25, -0.2) is 18.5 Å². The minimum atomic E-state index is -3.81. The van der Waals surface area contributed by atoms with Crippen LogP contribution in [0.3, 0.4) is 0 Å². The van der Waals surface area contributed by atoms with Crippen LogP contribution in [-0.4, -0.2) is 39.8 Å². The molecule has 2 heterocycles. The quantitative estimate of drug-likeness (QED) is 0.293. The van der Waals surface area contributed by atoms with Crippen molar-refractivity contribution in [3.05, 3.63) is 71.1 Å². The van der Waals surface area contributed by atoms with Crippen LogP contribution in [-0.2, 0) is 14.8 Å². The van der Waals surface area contributed by atoms with E-state index in [1.54, 1.807) is 24.3 Å². The number of para-hydroxylation sites is 1. The molecule has 4 rings (SSSR count). The van der Waals surface area contributed by atoms with Crippen LogP contribution in [0.2, 0.25) is 0 Å². The number of sulfonamides is 1. The van der Waals surface area contributed by atoms with Crippen molar-refractivity contribution in [2.24, 2.45) is 5.14 Å². The first-order valence-electron chi connectivity index (χ1n) is 8.90. The van der Waals surface area contributed by atoms with Crippen LogP contribution in [0, 0.1) is 0 Å². The first-order chi connectivity index (χ1) is 14.8. The van der Waals surface area contributed by atoms with Crippen molar-refractivity contribution in [2.75, 3.05) is 11.1 Å². The van der Waals surface area contributed by atoms with Gasteiger partial charge in [-0.1, -0.05) is 30.0 Å². The van der Waals surface area contributed by atoms with Gasteiger partial charge in [-0.15, -0.1) is 0 Å². The fraction of sp³-hybridized carbons (Fsp3) is 0.0526. The number of rotatable bonds is 6. The second kappa shape index (κ2) is 8.34. The number of nitrogens with zero attached hydrogens (tertiary/aromatic N) is 3. The van der Waals surface area contributed by atoms with Gasteiger partial charge in [0.05, 0.1) is 22.5 Å². The van der Waals surface area contributed by atoms with Crippen LogP contribution in [0.5, 0.6) is 0 Å². The fourth-order valence-corrected chi connectivity index (χ4v) is 4.15. The molecule has 10 nitrogen and oxygen atoms in total. The molecule has 0 saturated heterocycles. The zero-order chi connectivity index (χ0) is 22.0. The number of H-pyrrole nitrogens is 1. The Bertz CT molecular complexity index is 1410. The average molecular weight is 457 g/mol. The van der Waals surface area contributed by atoms with E-state index in [0.29, 0.717) is 27.6 Å². The van der Waals surface area contributed by atoms with Gasteiger partial charge in [0, 0.05) is 5.69 Å². The lowest BCUT2D eigenvalue weighted by atomic mass is 10.3. The van der Waals surface area contributed by atoms with Crippen molar-refractivity contribution in [3.8, 4) is 5.69 Å². The highest BCUT2D eigenvalue weighted by atomic mass is 32.2. The predicted molar refractivity (Wildman–Crippen MR) is 117 cm³/mol. The Kier molecular flexibility index (Phi) is 5.59. The molecule has 12 heteroatoms. The number of carbonyl (C=O) groups is 1. The van der Waals surface area contributed by atoms with Crippen LogP contribution < -0.4 is 16.0 Å². The van der Waals surface area contributed by atoms with Crippen molar-refractivity contribution in [1.82, 2.24) is 19.7 Å². The fourth-order valence-electron chi connectivity index (χ4n) is 2.83. The molecule has 2 aromatic heterocycles. The number of aromatic nitrogens is 4. The molecule has 0 aliphatic rings. The van der Waals surface area contributed by atoms with Crippen LogP contribution >= 0.6 is 11.8 Å². The summed E-state index contributed by atoms with van der Waals surface area (Å²) in [6.45, 7) is 0. The van der Waals surface area contributed by atoms with E-state index in [1.165, 1.54) is 35.0 Å². The molecule has 0 aliphatic carbocycles. The molecular weight excluding hydrogens is 440 g/mol. The van der Waals surface area contributed by atoms with Crippen molar-refractivity contribution in [3.63, 3.8) is 0 Å². The number of benzene rings is 2. The third-order valence-electron chi connectivity index (χ3n) is 4.26. The number of fused-ring (bicyclic) bond motifs is 1. The zero-order valence-corrected chi connectivity index (χ0v) is 17.5. The molecule has 158 valence electrons. The highest BCUT2D eigenvalue weighted by Crippen LogP contribution is 2.21. The van der Waals surface area contributed by atoms with Gasteiger partial charge < -0.3 is 5.32 Å². The second-order valence-corrected chi connectivity index (χ2v) is 8.91.